The van der Waals surface area contributed by atoms with Gasteiger partial charge in [-0.05, 0) is 32.2 Å². The Hall–Kier alpha value is -2.77. The molecule has 0 spiro atoms. The monoisotopic (exact) mass is 419 g/mol. The lowest BCUT2D eigenvalue weighted by atomic mass is 10.1. The summed E-state index contributed by atoms with van der Waals surface area (Å²) in [4.78, 5) is 58.2. The number of aliphatic carboxylic acids is 2. The van der Waals surface area contributed by atoms with Gasteiger partial charge < -0.3 is 42.7 Å². The van der Waals surface area contributed by atoms with E-state index in [0.717, 1.165) is 0 Å². The molecule has 0 bridgehead atoms. The van der Waals surface area contributed by atoms with Gasteiger partial charge in [0.1, 0.15) is 18.1 Å². The molecule has 0 aliphatic rings. The molecule has 0 aromatic rings. The van der Waals surface area contributed by atoms with Crippen molar-refractivity contribution in [3.8, 4) is 0 Å². The number of carbonyl (C=O) groups excluding carboxylic acids is 3. The number of nitrogens with two attached hydrogens (primary N) is 2. The third-order valence-electron chi connectivity index (χ3n) is 3.86. The van der Waals surface area contributed by atoms with Crippen molar-refractivity contribution in [2.24, 2.45) is 11.5 Å². The number of aliphatic hydroxyl groups is 1. The van der Waals surface area contributed by atoms with E-state index < -0.39 is 60.8 Å². The minimum absolute atomic E-state index is 0.205. The molecule has 0 aromatic heterocycles. The molecule has 13 heteroatoms. The normalized spacial score (nSPS) is 13.6. The highest BCUT2D eigenvalue weighted by molar-refractivity contribution is 5.93. The summed E-state index contributed by atoms with van der Waals surface area (Å²) in [5.74, 6) is -5.07. The maximum atomic E-state index is 12.5. The van der Waals surface area contributed by atoms with Crippen LogP contribution in [0.5, 0.6) is 0 Å². The topological polar surface area (TPSA) is 234 Å². The lowest BCUT2D eigenvalue weighted by molar-refractivity contribution is -0.144. The summed E-state index contributed by atoms with van der Waals surface area (Å²) in [6, 6.07) is -4.05. The molecule has 0 rings (SSSR count). The van der Waals surface area contributed by atoms with Crippen molar-refractivity contribution in [2.45, 2.75) is 50.2 Å². The van der Waals surface area contributed by atoms with Gasteiger partial charge in [0.05, 0.1) is 13.2 Å². The molecule has 3 atom stereocenters. The number of carboxylic acids is 2. The van der Waals surface area contributed by atoms with Crippen molar-refractivity contribution in [1.82, 2.24) is 16.0 Å². The van der Waals surface area contributed by atoms with E-state index in [9.17, 15) is 24.0 Å². The van der Waals surface area contributed by atoms with Crippen molar-refractivity contribution in [3.05, 3.63) is 0 Å². The molecule has 0 radical (unpaired) electrons. The standard InChI is InChI=1S/C16H29N5O8/c17-6-2-1-3-9(19-12(23)7-18)14(26)20-10(4-5-13(24)25)15(27)21-11(8-22)16(28)29/h9-11,22H,1-8,17-18H2,(H,19,23)(H,20,26)(H,21,27)(H,24,25)(H,28,29). The van der Waals surface area contributed by atoms with Gasteiger partial charge in [-0.3, -0.25) is 19.2 Å². The molecule has 0 heterocycles. The molecular formula is C16H29N5O8. The Kier molecular flexibility index (Phi) is 12.9. The van der Waals surface area contributed by atoms with E-state index in [-0.39, 0.29) is 19.4 Å². The summed E-state index contributed by atoms with van der Waals surface area (Å²) >= 11 is 0. The minimum Gasteiger partial charge on any atom is -0.481 e. The number of carbonyl (C=O) groups is 5. The van der Waals surface area contributed by atoms with Gasteiger partial charge in [-0.2, -0.15) is 0 Å². The van der Waals surface area contributed by atoms with Crippen LogP contribution in [0.25, 0.3) is 0 Å². The number of carboxylic acid groups (broad SMARTS) is 2. The van der Waals surface area contributed by atoms with Crippen LogP contribution in [0.1, 0.15) is 32.1 Å². The minimum atomic E-state index is -1.62. The van der Waals surface area contributed by atoms with Crippen LogP contribution in [0.2, 0.25) is 0 Å². The lowest BCUT2D eigenvalue weighted by Gasteiger charge is -2.24. The summed E-state index contributed by atoms with van der Waals surface area (Å²) in [7, 11) is 0. The molecule has 0 aliphatic heterocycles. The number of nitrogens with one attached hydrogen (secondary N) is 3. The number of hydrogen-bond donors (Lipinski definition) is 8. The van der Waals surface area contributed by atoms with Gasteiger partial charge in [0, 0.05) is 6.42 Å². The molecule has 0 aliphatic carbocycles. The molecule has 0 saturated heterocycles. The van der Waals surface area contributed by atoms with Gasteiger partial charge in [0.15, 0.2) is 0 Å². The first-order valence-corrected chi connectivity index (χ1v) is 9.01. The van der Waals surface area contributed by atoms with Crippen LogP contribution < -0.4 is 27.4 Å². The number of hydrogen-bond acceptors (Lipinski definition) is 8. The highest BCUT2D eigenvalue weighted by Gasteiger charge is 2.29. The first kappa shape index (κ1) is 26.2. The molecule has 0 saturated carbocycles. The number of rotatable bonds is 15. The zero-order chi connectivity index (χ0) is 22.4. The Morgan fingerprint density at radius 1 is 0.793 bits per heavy atom. The van der Waals surface area contributed by atoms with Crippen LogP contribution in [0.15, 0.2) is 0 Å². The van der Waals surface area contributed by atoms with Gasteiger partial charge in [-0.25, -0.2) is 4.79 Å². The van der Waals surface area contributed by atoms with Crippen LogP contribution in [0, 0.1) is 0 Å². The van der Waals surface area contributed by atoms with E-state index in [1.807, 2.05) is 5.32 Å². The SMILES string of the molecule is NCCCCC(NC(=O)CN)C(=O)NC(CCC(=O)O)C(=O)NC(CO)C(=O)O. The van der Waals surface area contributed by atoms with Crippen LogP contribution in [0.3, 0.4) is 0 Å². The van der Waals surface area contributed by atoms with Gasteiger partial charge in [-0.15, -0.1) is 0 Å². The van der Waals surface area contributed by atoms with E-state index >= 15 is 0 Å². The van der Waals surface area contributed by atoms with Gasteiger partial charge in [0.2, 0.25) is 17.7 Å². The van der Waals surface area contributed by atoms with E-state index in [2.05, 4.69) is 10.6 Å². The largest absolute Gasteiger partial charge is 0.481 e. The Balaban J connectivity index is 5.28. The third kappa shape index (κ3) is 11.0. The van der Waals surface area contributed by atoms with Crippen molar-refractivity contribution < 1.29 is 39.3 Å². The Labute approximate surface area is 167 Å². The third-order valence-corrected chi connectivity index (χ3v) is 3.86. The summed E-state index contributed by atoms with van der Waals surface area (Å²) in [6.07, 6.45) is 0.475. The smallest absolute Gasteiger partial charge is 0.328 e. The number of unbranched alkanes of at least 4 members (excludes halogenated alkanes) is 1. The second-order valence-electron chi connectivity index (χ2n) is 6.18. The van der Waals surface area contributed by atoms with Gasteiger partial charge in [-0.1, -0.05) is 0 Å². The molecule has 3 unspecified atom stereocenters. The van der Waals surface area contributed by atoms with Gasteiger partial charge >= 0.3 is 11.9 Å². The van der Waals surface area contributed by atoms with Gasteiger partial charge in [0.25, 0.3) is 0 Å². The quantitative estimate of drug-likeness (QED) is 0.122. The predicted molar refractivity (Wildman–Crippen MR) is 99.3 cm³/mol. The maximum Gasteiger partial charge on any atom is 0.328 e. The molecule has 29 heavy (non-hydrogen) atoms. The van der Waals surface area contributed by atoms with E-state index in [1.54, 1.807) is 0 Å². The summed E-state index contributed by atoms with van der Waals surface area (Å²) in [5, 5.41) is 33.5. The Morgan fingerprint density at radius 3 is 1.79 bits per heavy atom. The fourth-order valence-corrected chi connectivity index (χ4v) is 2.28. The highest BCUT2D eigenvalue weighted by Crippen LogP contribution is 2.05. The summed E-state index contributed by atoms with van der Waals surface area (Å²) in [6.45, 7) is -0.879. The zero-order valence-corrected chi connectivity index (χ0v) is 15.9. The summed E-state index contributed by atoms with van der Waals surface area (Å²) in [5.41, 5.74) is 10.6. The molecule has 3 amide bonds. The number of aliphatic hydroxyl groups excluding tert-OH is 1. The average molecular weight is 419 g/mol. The first-order valence-electron chi connectivity index (χ1n) is 9.01. The molecule has 0 fully saturated rings. The number of amides is 3. The predicted octanol–water partition coefficient (Wildman–Crippen LogP) is -3.53. The fourth-order valence-electron chi connectivity index (χ4n) is 2.28. The van der Waals surface area contributed by atoms with E-state index in [1.165, 1.54) is 0 Å². The molecule has 13 nitrogen and oxygen atoms in total. The van der Waals surface area contributed by atoms with Crippen LogP contribution in [0.4, 0.5) is 0 Å². The molecule has 166 valence electrons. The molecular weight excluding hydrogens is 390 g/mol. The van der Waals surface area contributed by atoms with Crippen molar-refractivity contribution in [1.29, 1.82) is 0 Å². The second-order valence-corrected chi connectivity index (χ2v) is 6.18. The van der Waals surface area contributed by atoms with Crippen LogP contribution in [-0.2, 0) is 24.0 Å². The average Bonchev–Trinajstić information content (AvgIpc) is 2.67. The fraction of sp³-hybridized carbons (Fsp3) is 0.688. The van der Waals surface area contributed by atoms with Crippen LogP contribution >= 0.6 is 0 Å². The second kappa shape index (κ2) is 14.3. The molecule has 0 aromatic carbocycles. The van der Waals surface area contributed by atoms with Crippen molar-refractivity contribution in [3.63, 3.8) is 0 Å². The van der Waals surface area contributed by atoms with Crippen LogP contribution in [-0.4, -0.2) is 82.8 Å². The Bertz CT molecular complexity index is 586. The highest BCUT2D eigenvalue weighted by atomic mass is 16.4. The van der Waals surface area contributed by atoms with E-state index in [0.29, 0.717) is 19.4 Å². The first-order chi connectivity index (χ1) is 13.7. The summed E-state index contributed by atoms with van der Waals surface area (Å²) < 4.78 is 0. The lowest BCUT2D eigenvalue weighted by Crippen LogP contribution is -2.56. The zero-order valence-electron chi connectivity index (χ0n) is 15.9. The Morgan fingerprint density at radius 2 is 1.34 bits per heavy atom. The van der Waals surface area contributed by atoms with Crippen molar-refractivity contribution >= 4 is 29.7 Å². The van der Waals surface area contributed by atoms with Crippen molar-refractivity contribution in [2.75, 3.05) is 19.7 Å². The maximum absolute atomic E-state index is 12.5. The van der Waals surface area contributed by atoms with E-state index in [4.69, 9.17) is 26.8 Å². The molecule has 10 N–H and O–H groups in total.